The maximum atomic E-state index is 12.9. The zero-order valence-corrected chi connectivity index (χ0v) is 13.5. The Hall–Kier alpha value is -1.66. The number of carbonyl (C=O) groups is 1. The Kier molecular flexibility index (Phi) is 6.36. The summed E-state index contributed by atoms with van der Waals surface area (Å²) >= 11 is 0. The molecule has 0 radical (unpaired) electrons. The smallest absolute Gasteiger partial charge is 0.248 e. The second-order valence-corrected chi connectivity index (χ2v) is 5.84. The zero-order chi connectivity index (χ0) is 16.7. The van der Waals surface area contributed by atoms with Crippen LogP contribution in [0.15, 0.2) is 24.3 Å². The molecule has 0 aromatic heterocycles. The fraction of sp³-hybridized carbons (Fsp3) is 0.588. The molecular weight excluding hydrogens is 301 g/mol. The van der Waals surface area contributed by atoms with Gasteiger partial charge in [-0.2, -0.15) is 0 Å². The molecule has 0 spiro atoms. The van der Waals surface area contributed by atoms with Crippen molar-refractivity contribution in [3.63, 3.8) is 0 Å². The number of likely N-dealkylation sites (tertiary alicyclic amines) is 1. The van der Waals surface area contributed by atoms with Gasteiger partial charge in [-0.1, -0.05) is 0 Å². The lowest BCUT2D eigenvalue weighted by Crippen LogP contribution is -2.39. The average molecular weight is 325 g/mol. The van der Waals surface area contributed by atoms with E-state index in [0.717, 1.165) is 0 Å². The molecule has 1 aromatic rings. The van der Waals surface area contributed by atoms with Crippen molar-refractivity contribution in [2.45, 2.75) is 31.8 Å². The summed E-state index contributed by atoms with van der Waals surface area (Å²) in [5.74, 6) is 0.151. The van der Waals surface area contributed by atoms with Crippen LogP contribution in [0.1, 0.15) is 26.2 Å². The van der Waals surface area contributed by atoms with Crippen molar-refractivity contribution < 1.29 is 23.8 Å². The number of carbonyl (C=O) groups excluding carboxylic acids is 1. The number of aliphatic hydroxyl groups is 1. The third kappa shape index (κ3) is 5.48. The first-order valence-corrected chi connectivity index (χ1v) is 7.99. The fourth-order valence-electron chi connectivity index (χ4n) is 2.60. The second-order valence-electron chi connectivity index (χ2n) is 5.84. The highest BCUT2D eigenvalue weighted by molar-refractivity contribution is 5.77. The molecule has 1 N–H and O–H groups in total. The molecule has 6 heteroatoms. The average Bonchev–Trinajstić information content (AvgIpc) is 2.74. The third-order valence-corrected chi connectivity index (χ3v) is 4.02. The number of amides is 1. The topological polar surface area (TPSA) is 59.0 Å². The van der Waals surface area contributed by atoms with Gasteiger partial charge in [0.25, 0.3) is 0 Å². The normalized spacial score (nSPS) is 21.8. The van der Waals surface area contributed by atoms with Crippen molar-refractivity contribution >= 4 is 5.91 Å². The van der Waals surface area contributed by atoms with E-state index in [4.69, 9.17) is 9.47 Å². The van der Waals surface area contributed by atoms with E-state index >= 15 is 0 Å². The summed E-state index contributed by atoms with van der Waals surface area (Å²) in [6.45, 7) is 3.67. The molecule has 1 atom stereocenters. The first kappa shape index (κ1) is 17.7. The van der Waals surface area contributed by atoms with Gasteiger partial charge in [-0.05, 0) is 50.5 Å². The molecule has 2 rings (SSSR count). The predicted octanol–water partition coefficient (Wildman–Crippen LogP) is 1.98. The molecule has 0 saturated carbocycles. The largest absolute Gasteiger partial charge is 0.491 e. The lowest BCUT2D eigenvalue weighted by Gasteiger charge is -2.27. The molecular formula is C17H24FNO4. The lowest BCUT2D eigenvalue weighted by molar-refractivity contribution is -0.136. The van der Waals surface area contributed by atoms with E-state index in [1.165, 1.54) is 24.3 Å². The van der Waals surface area contributed by atoms with Gasteiger partial charge >= 0.3 is 0 Å². The highest BCUT2D eigenvalue weighted by atomic mass is 19.1. The summed E-state index contributed by atoms with van der Waals surface area (Å²) in [5.41, 5.74) is -0.977. The Balaban J connectivity index is 1.85. The summed E-state index contributed by atoms with van der Waals surface area (Å²) < 4.78 is 23.6. The van der Waals surface area contributed by atoms with E-state index in [1.807, 2.05) is 6.92 Å². The Morgan fingerprint density at radius 1 is 1.30 bits per heavy atom. The highest BCUT2D eigenvalue weighted by Crippen LogP contribution is 2.24. The minimum Gasteiger partial charge on any atom is -0.491 e. The molecule has 5 nitrogen and oxygen atoms in total. The number of nitrogens with zero attached hydrogens (tertiary/aromatic N) is 1. The van der Waals surface area contributed by atoms with Gasteiger partial charge in [0.05, 0.1) is 0 Å². The Morgan fingerprint density at radius 2 is 2.04 bits per heavy atom. The molecule has 128 valence electrons. The van der Waals surface area contributed by atoms with Crippen molar-refractivity contribution in [3.8, 4) is 5.75 Å². The minimum atomic E-state index is -0.977. The van der Waals surface area contributed by atoms with E-state index in [-0.39, 0.29) is 24.9 Å². The van der Waals surface area contributed by atoms with Gasteiger partial charge in [0.15, 0.2) is 0 Å². The van der Waals surface area contributed by atoms with Crippen LogP contribution < -0.4 is 4.74 Å². The van der Waals surface area contributed by atoms with Gasteiger partial charge in [-0.3, -0.25) is 4.79 Å². The van der Waals surface area contributed by atoms with E-state index < -0.39 is 5.60 Å². The van der Waals surface area contributed by atoms with Crippen LogP contribution in [-0.4, -0.2) is 54.4 Å². The summed E-state index contributed by atoms with van der Waals surface area (Å²) in [7, 11) is 0. The number of rotatable bonds is 6. The number of halogens is 1. The van der Waals surface area contributed by atoms with Crippen molar-refractivity contribution in [1.82, 2.24) is 4.90 Å². The maximum absolute atomic E-state index is 12.9. The lowest BCUT2D eigenvalue weighted by atomic mass is 9.96. The Morgan fingerprint density at radius 3 is 2.74 bits per heavy atom. The van der Waals surface area contributed by atoms with Crippen molar-refractivity contribution in [2.24, 2.45) is 0 Å². The first-order valence-electron chi connectivity index (χ1n) is 7.99. The summed E-state index contributed by atoms with van der Waals surface area (Å²) in [6.07, 6.45) is 1.72. The third-order valence-electron chi connectivity index (χ3n) is 4.02. The van der Waals surface area contributed by atoms with E-state index in [1.54, 1.807) is 4.90 Å². The SMILES string of the molecule is CCOCC(=O)N1CCCC(O)(COc2ccc(F)cc2)CC1. The van der Waals surface area contributed by atoms with Gasteiger partial charge in [0, 0.05) is 19.7 Å². The number of ether oxygens (including phenoxy) is 2. The van der Waals surface area contributed by atoms with Gasteiger partial charge < -0.3 is 19.5 Å². The van der Waals surface area contributed by atoms with Crippen molar-refractivity contribution in [3.05, 3.63) is 30.1 Å². The Bertz CT molecular complexity index is 508. The van der Waals surface area contributed by atoms with Crippen LogP contribution in [0.25, 0.3) is 0 Å². The fourth-order valence-corrected chi connectivity index (χ4v) is 2.60. The molecule has 0 aliphatic carbocycles. The minimum absolute atomic E-state index is 0.0458. The number of hydrogen-bond acceptors (Lipinski definition) is 4. The molecule has 1 aliphatic heterocycles. The molecule has 1 saturated heterocycles. The van der Waals surface area contributed by atoms with E-state index in [2.05, 4.69) is 0 Å². The molecule has 0 bridgehead atoms. The number of hydrogen-bond donors (Lipinski definition) is 1. The molecule has 1 fully saturated rings. The van der Waals surface area contributed by atoms with E-state index in [0.29, 0.717) is 44.7 Å². The molecule has 1 heterocycles. The standard InChI is InChI=1S/C17H24FNO4/c1-2-22-12-16(20)19-10-3-8-17(21,9-11-19)13-23-15-6-4-14(18)5-7-15/h4-7,21H,2-3,8-13H2,1H3. The van der Waals surface area contributed by atoms with Crippen LogP contribution in [0.3, 0.4) is 0 Å². The van der Waals surface area contributed by atoms with Crippen LogP contribution in [0.5, 0.6) is 5.75 Å². The van der Waals surface area contributed by atoms with E-state index in [9.17, 15) is 14.3 Å². The number of benzene rings is 1. The van der Waals surface area contributed by atoms with Gasteiger partial charge in [-0.25, -0.2) is 4.39 Å². The zero-order valence-electron chi connectivity index (χ0n) is 13.5. The first-order chi connectivity index (χ1) is 11.0. The quantitative estimate of drug-likeness (QED) is 0.869. The molecule has 23 heavy (non-hydrogen) atoms. The molecule has 1 aromatic carbocycles. The summed E-state index contributed by atoms with van der Waals surface area (Å²) in [6, 6.07) is 5.71. The summed E-state index contributed by atoms with van der Waals surface area (Å²) in [5, 5.41) is 10.7. The Labute approximate surface area is 136 Å². The maximum Gasteiger partial charge on any atom is 0.248 e. The molecule has 1 aliphatic rings. The van der Waals surface area contributed by atoms with Gasteiger partial charge in [-0.15, -0.1) is 0 Å². The van der Waals surface area contributed by atoms with Crippen LogP contribution in [0, 0.1) is 5.82 Å². The highest BCUT2D eigenvalue weighted by Gasteiger charge is 2.32. The van der Waals surface area contributed by atoms with Crippen LogP contribution in [-0.2, 0) is 9.53 Å². The van der Waals surface area contributed by atoms with Gasteiger partial charge in [0.2, 0.25) is 5.91 Å². The molecule has 1 unspecified atom stereocenters. The van der Waals surface area contributed by atoms with Crippen molar-refractivity contribution in [2.75, 3.05) is 32.9 Å². The van der Waals surface area contributed by atoms with Crippen LogP contribution in [0.2, 0.25) is 0 Å². The van der Waals surface area contributed by atoms with Crippen molar-refractivity contribution in [1.29, 1.82) is 0 Å². The van der Waals surface area contributed by atoms with Crippen LogP contribution >= 0.6 is 0 Å². The summed E-state index contributed by atoms with van der Waals surface area (Å²) in [4.78, 5) is 13.7. The molecule has 1 amide bonds. The predicted molar refractivity (Wildman–Crippen MR) is 83.8 cm³/mol. The van der Waals surface area contributed by atoms with Crippen LogP contribution in [0.4, 0.5) is 4.39 Å². The van der Waals surface area contributed by atoms with Gasteiger partial charge in [0.1, 0.15) is 30.4 Å². The monoisotopic (exact) mass is 325 g/mol. The second kappa shape index (κ2) is 8.26.